The molecular formula is C17H15F2N. The zero-order valence-corrected chi connectivity index (χ0v) is 11.0. The lowest BCUT2D eigenvalue weighted by Crippen LogP contribution is -2.10. The summed E-state index contributed by atoms with van der Waals surface area (Å²) in [6, 6.07) is 9.89. The Kier molecular flexibility index (Phi) is 2.64. The van der Waals surface area contributed by atoms with Crippen molar-refractivity contribution in [1.29, 1.82) is 0 Å². The van der Waals surface area contributed by atoms with Gasteiger partial charge in [0.1, 0.15) is 11.6 Å². The number of nitrogens with one attached hydrogen (secondary N) is 1. The first-order chi connectivity index (χ1) is 9.74. The van der Waals surface area contributed by atoms with Crippen LogP contribution in [0.15, 0.2) is 36.4 Å². The number of hydrogen-bond acceptors (Lipinski definition) is 1. The third kappa shape index (κ3) is 1.70. The summed E-state index contributed by atoms with van der Waals surface area (Å²) in [6.45, 7) is 2.06. The molecule has 1 N–H and O–H groups in total. The normalized spacial score (nSPS) is 23.7. The molecule has 2 aromatic rings. The Bertz CT molecular complexity index is 660. The number of benzene rings is 2. The molecular weight excluding hydrogens is 256 g/mol. The van der Waals surface area contributed by atoms with Crippen molar-refractivity contribution in [1.82, 2.24) is 5.32 Å². The van der Waals surface area contributed by atoms with Crippen molar-refractivity contribution in [3.05, 3.63) is 59.2 Å². The topological polar surface area (TPSA) is 12.0 Å². The van der Waals surface area contributed by atoms with Crippen molar-refractivity contribution >= 4 is 0 Å². The molecule has 0 aromatic heterocycles. The summed E-state index contributed by atoms with van der Waals surface area (Å²) in [5, 5.41) is 3.41. The summed E-state index contributed by atoms with van der Waals surface area (Å²) in [7, 11) is 0. The lowest BCUT2D eigenvalue weighted by molar-refractivity contribution is 0.564. The van der Waals surface area contributed by atoms with Crippen LogP contribution in [0.4, 0.5) is 8.78 Å². The fourth-order valence-electron chi connectivity index (χ4n) is 3.67. The van der Waals surface area contributed by atoms with Crippen LogP contribution in [-0.4, -0.2) is 13.1 Å². The van der Waals surface area contributed by atoms with Crippen LogP contribution in [0.25, 0.3) is 11.1 Å². The highest BCUT2D eigenvalue weighted by Gasteiger charge is 2.35. The molecule has 0 spiro atoms. The van der Waals surface area contributed by atoms with E-state index in [9.17, 15) is 8.78 Å². The molecule has 1 fully saturated rings. The van der Waals surface area contributed by atoms with Gasteiger partial charge in [-0.2, -0.15) is 0 Å². The lowest BCUT2D eigenvalue weighted by Gasteiger charge is -2.10. The Balaban J connectivity index is 1.81. The van der Waals surface area contributed by atoms with E-state index >= 15 is 0 Å². The maximum atomic E-state index is 13.9. The molecule has 2 aliphatic rings. The Morgan fingerprint density at radius 1 is 1.00 bits per heavy atom. The molecule has 1 aliphatic heterocycles. The zero-order valence-electron chi connectivity index (χ0n) is 11.0. The van der Waals surface area contributed by atoms with Gasteiger partial charge in [0.25, 0.3) is 0 Å². The predicted molar refractivity (Wildman–Crippen MR) is 74.6 cm³/mol. The monoisotopic (exact) mass is 271 g/mol. The van der Waals surface area contributed by atoms with Gasteiger partial charge in [-0.1, -0.05) is 24.3 Å². The molecule has 1 saturated heterocycles. The summed E-state index contributed by atoms with van der Waals surface area (Å²) >= 11 is 0. The van der Waals surface area contributed by atoms with E-state index in [0.29, 0.717) is 17.4 Å². The highest BCUT2D eigenvalue weighted by atomic mass is 19.1. The van der Waals surface area contributed by atoms with Gasteiger partial charge in [-0.15, -0.1) is 0 Å². The van der Waals surface area contributed by atoms with Crippen molar-refractivity contribution in [2.45, 2.75) is 12.3 Å². The molecule has 0 radical (unpaired) electrons. The van der Waals surface area contributed by atoms with Crippen molar-refractivity contribution in [3.8, 4) is 11.1 Å². The van der Waals surface area contributed by atoms with Gasteiger partial charge < -0.3 is 5.32 Å². The van der Waals surface area contributed by atoms with Crippen LogP contribution >= 0.6 is 0 Å². The highest BCUT2D eigenvalue weighted by molar-refractivity contribution is 5.67. The van der Waals surface area contributed by atoms with Crippen LogP contribution in [0, 0.1) is 17.6 Å². The third-order valence-electron chi connectivity index (χ3n) is 4.62. The SMILES string of the molecule is Fc1cccc(F)c1-c1ccc2c(c1)CC1CNCC21. The van der Waals surface area contributed by atoms with E-state index in [1.165, 1.54) is 29.3 Å². The summed E-state index contributed by atoms with van der Waals surface area (Å²) in [6.07, 6.45) is 1.01. The maximum absolute atomic E-state index is 13.9. The number of halogens is 2. The maximum Gasteiger partial charge on any atom is 0.133 e. The summed E-state index contributed by atoms with van der Waals surface area (Å²) in [5.41, 5.74) is 3.33. The second-order valence-corrected chi connectivity index (χ2v) is 5.74. The average molecular weight is 271 g/mol. The minimum Gasteiger partial charge on any atom is -0.316 e. The van der Waals surface area contributed by atoms with E-state index in [2.05, 4.69) is 5.32 Å². The Hall–Kier alpha value is -1.74. The van der Waals surface area contributed by atoms with E-state index < -0.39 is 11.6 Å². The molecule has 20 heavy (non-hydrogen) atoms. The molecule has 1 aliphatic carbocycles. The Morgan fingerprint density at radius 2 is 1.80 bits per heavy atom. The number of hydrogen-bond donors (Lipinski definition) is 1. The molecule has 3 heteroatoms. The van der Waals surface area contributed by atoms with E-state index in [1.807, 2.05) is 18.2 Å². The van der Waals surface area contributed by atoms with Gasteiger partial charge in [-0.25, -0.2) is 8.78 Å². The lowest BCUT2D eigenvalue weighted by atomic mass is 9.95. The fourth-order valence-corrected chi connectivity index (χ4v) is 3.67. The van der Waals surface area contributed by atoms with Crippen LogP contribution < -0.4 is 5.32 Å². The van der Waals surface area contributed by atoms with Gasteiger partial charge in [0.05, 0.1) is 5.56 Å². The molecule has 0 amide bonds. The summed E-state index contributed by atoms with van der Waals surface area (Å²) in [4.78, 5) is 0. The Labute approximate surface area is 116 Å². The zero-order chi connectivity index (χ0) is 13.7. The number of fused-ring (bicyclic) bond motifs is 3. The molecule has 0 bridgehead atoms. The summed E-state index contributed by atoms with van der Waals surface area (Å²) < 4.78 is 27.7. The molecule has 2 atom stereocenters. The standard InChI is InChI=1S/C17H15F2N/c18-15-2-1-3-16(19)17(15)10-4-5-13-11(6-10)7-12-8-20-9-14(12)13/h1-6,12,14,20H,7-9H2. The smallest absolute Gasteiger partial charge is 0.133 e. The Morgan fingerprint density at radius 3 is 2.60 bits per heavy atom. The van der Waals surface area contributed by atoms with E-state index in [-0.39, 0.29) is 5.56 Å². The predicted octanol–water partition coefficient (Wildman–Crippen LogP) is 3.49. The molecule has 2 aromatic carbocycles. The van der Waals surface area contributed by atoms with Crippen molar-refractivity contribution < 1.29 is 8.78 Å². The summed E-state index contributed by atoms with van der Waals surface area (Å²) in [5.74, 6) is 0.227. The van der Waals surface area contributed by atoms with E-state index in [0.717, 1.165) is 19.5 Å². The van der Waals surface area contributed by atoms with Gasteiger partial charge >= 0.3 is 0 Å². The minimum absolute atomic E-state index is 0.0884. The van der Waals surface area contributed by atoms with Crippen LogP contribution in [0.5, 0.6) is 0 Å². The number of rotatable bonds is 1. The molecule has 102 valence electrons. The fraction of sp³-hybridized carbons (Fsp3) is 0.294. The van der Waals surface area contributed by atoms with Crippen molar-refractivity contribution in [2.24, 2.45) is 5.92 Å². The van der Waals surface area contributed by atoms with Gasteiger partial charge in [0, 0.05) is 12.5 Å². The molecule has 0 saturated carbocycles. The largest absolute Gasteiger partial charge is 0.316 e. The molecule has 1 heterocycles. The van der Waals surface area contributed by atoms with E-state index in [1.54, 1.807) is 0 Å². The first kappa shape index (κ1) is 12.0. The van der Waals surface area contributed by atoms with Crippen molar-refractivity contribution in [2.75, 3.05) is 13.1 Å². The quantitative estimate of drug-likeness (QED) is 0.837. The second-order valence-electron chi connectivity index (χ2n) is 5.74. The van der Waals surface area contributed by atoms with Crippen LogP contribution in [0.2, 0.25) is 0 Å². The average Bonchev–Trinajstić information content (AvgIpc) is 2.98. The third-order valence-corrected chi connectivity index (χ3v) is 4.62. The van der Waals surface area contributed by atoms with Gasteiger partial charge in [-0.05, 0) is 47.7 Å². The van der Waals surface area contributed by atoms with Gasteiger partial charge in [0.15, 0.2) is 0 Å². The van der Waals surface area contributed by atoms with Gasteiger partial charge in [0.2, 0.25) is 0 Å². The van der Waals surface area contributed by atoms with Gasteiger partial charge in [-0.3, -0.25) is 0 Å². The van der Waals surface area contributed by atoms with Crippen molar-refractivity contribution in [3.63, 3.8) is 0 Å². The molecule has 4 rings (SSSR count). The first-order valence-corrected chi connectivity index (χ1v) is 7.02. The van der Waals surface area contributed by atoms with Crippen LogP contribution in [0.3, 0.4) is 0 Å². The second kappa shape index (κ2) is 4.38. The molecule has 2 unspecified atom stereocenters. The minimum atomic E-state index is -0.496. The van der Waals surface area contributed by atoms with Crippen LogP contribution in [0.1, 0.15) is 17.0 Å². The van der Waals surface area contributed by atoms with Crippen LogP contribution in [-0.2, 0) is 6.42 Å². The van der Waals surface area contributed by atoms with E-state index in [4.69, 9.17) is 0 Å². The first-order valence-electron chi connectivity index (χ1n) is 7.02. The highest BCUT2D eigenvalue weighted by Crippen LogP contribution is 2.41. The molecule has 1 nitrogen and oxygen atoms in total.